The van der Waals surface area contributed by atoms with Gasteiger partial charge in [0.1, 0.15) is 0 Å². The molecule has 0 heterocycles. The predicted octanol–water partition coefficient (Wildman–Crippen LogP) is 1.67. The van der Waals surface area contributed by atoms with Crippen LogP contribution in [-0.2, 0) is 16.2 Å². The summed E-state index contributed by atoms with van der Waals surface area (Å²) in [6, 6.07) is 2.95. The van der Waals surface area contributed by atoms with Crippen LogP contribution in [-0.4, -0.2) is 26.2 Å². The van der Waals surface area contributed by atoms with Gasteiger partial charge in [0.05, 0.1) is 16.6 Å². The number of rotatable bonds is 4. The van der Waals surface area contributed by atoms with Crippen molar-refractivity contribution in [1.82, 2.24) is 4.72 Å². The molecule has 4 nitrogen and oxygen atoms in total. The Kier molecular flexibility index (Phi) is 4.59. The fourth-order valence-corrected chi connectivity index (χ4v) is 2.91. The number of halogens is 3. The van der Waals surface area contributed by atoms with Crippen LogP contribution in [0.5, 0.6) is 0 Å². The number of hydrogen-bond acceptors (Lipinski definition) is 3. The van der Waals surface area contributed by atoms with E-state index in [1.807, 2.05) is 4.72 Å². The molecule has 108 valence electrons. The van der Waals surface area contributed by atoms with Crippen LogP contribution >= 0.6 is 0 Å². The van der Waals surface area contributed by atoms with Gasteiger partial charge in [-0.15, -0.1) is 0 Å². The van der Waals surface area contributed by atoms with Gasteiger partial charge in [0.2, 0.25) is 10.0 Å². The first-order valence-corrected chi connectivity index (χ1v) is 6.88. The Bertz CT molecular complexity index is 553. The summed E-state index contributed by atoms with van der Waals surface area (Å²) in [5.41, 5.74) is -1.36. The summed E-state index contributed by atoms with van der Waals surface area (Å²) < 4.78 is 63.8. The molecule has 1 rings (SSSR count). The summed E-state index contributed by atoms with van der Waals surface area (Å²) in [6.07, 6.45) is -5.54. The second kappa shape index (κ2) is 5.48. The molecule has 1 aromatic rings. The Labute approximate surface area is 109 Å². The number of hydrogen-bond donors (Lipinski definition) is 2. The first kappa shape index (κ1) is 15.9. The Balaban J connectivity index is 3.22. The lowest BCUT2D eigenvalue weighted by Gasteiger charge is -2.15. The molecule has 0 radical (unpaired) electrons. The van der Waals surface area contributed by atoms with E-state index in [1.54, 1.807) is 0 Å². The fourth-order valence-electron chi connectivity index (χ4n) is 1.52. The van der Waals surface area contributed by atoms with E-state index in [0.717, 1.165) is 25.1 Å². The zero-order chi connectivity index (χ0) is 14.8. The molecule has 1 aromatic carbocycles. The average molecular weight is 297 g/mol. The number of benzene rings is 1. The normalized spacial score (nSPS) is 14.4. The number of sulfonamides is 1. The minimum absolute atomic E-state index is 0.266. The quantitative estimate of drug-likeness (QED) is 0.888. The second-order valence-electron chi connectivity index (χ2n) is 4.13. The van der Waals surface area contributed by atoms with Crippen molar-refractivity contribution >= 4 is 10.0 Å². The molecule has 0 saturated carbocycles. The zero-order valence-corrected chi connectivity index (χ0v) is 11.1. The highest BCUT2D eigenvalue weighted by atomic mass is 32.2. The van der Waals surface area contributed by atoms with Crippen molar-refractivity contribution in [2.75, 3.05) is 6.54 Å². The molecule has 0 unspecified atom stereocenters. The van der Waals surface area contributed by atoms with Gasteiger partial charge in [-0.3, -0.25) is 0 Å². The van der Waals surface area contributed by atoms with E-state index in [1.165, 1.54) is 6.92 Å². The molecule has 0 spiro atoms. The van der Waals surface area contributed by atoms with E-state index in [9.17, 15) is 21.6 Å². The molecule has 0 amide bonds. The van der Waals surface area contributed by atoms with Crippen molar-refractivity contribution in [3.8, 4) is 0 Å². The molecule has 19 heavy (non-hydrogen) atoms. The van der Waals surface area contributed by atoms with Crippen LogP contribution in [0.25, 0.3) is 0 Å². The van der Waals surface area contributed by atoms with Crippen LogP contribution in [0.4, 0.5) is 13.2 Å². The van der Waals surface area contributed by atoms with E-state index in [2.05, 4.69) is 0 Å². The lowest BCUT2D eigenvalue weighted by Crippen LogP contribution is -2.31. The Morgan fingerprint density at radius 3 is 2.42 bits per heavy atom. The molecule has 0 bridgehead atoms. The number of aliphatic hydroxyl groups excluding tert-OH is 1. The second-order valence-corrected chi connectivity index (χ2v) is 5.86. The van der Waals surface area contributed by atoms with Gasteiger partial charge in [0.25, 0.3) is 0 Å². The highest BCUT2D eigenvalue weighted by molar-refractivity contribution is 7.89. The third-order valence-electron chi connectivity index (χ3n) is 2.45. The summed E-state index contributed by atoms with van der Waals surface area (Å²) in [5.74, 6) is 0. The highest BCUT2D eigenvalue weighted by Crippen LogP contribution is 2.33. The monoisotopic (exact) mass is 297 g/mol. The zero-order valence-electron chi connectivity index (χ0n) is 10.3. The van der Waals surface area contributed by atoms with Gasteiger partial charge in [-0.1, -0.05) is 6.07 Å². The smallest absolute Gasteiger partial charge is 0.392 e. The molecular weight excluding hydrogens is 283 g/mol. The third kappa shape index (κ3) is 3.92. The van der Waals surface area contributed by atoms with E-state index >= 15 is 0 Å². The van der Waals surface area contributed by atoms with E-state index < -0.39 is 32.8 Å². The van der Waals surface area contributed by atoms with Crippen molar-refractivity contribution in [2.24, 2.45) is 0 Å². The van der Waals surface area contributed by atoms with E-state index in [4.69, 9.17) is 5.11 Å². The third-order valence-corrected chi connectivity index (χ3v) is 4.02. The Morgan fingerprint density at radius 2 is 1.95 bits per heavy atom. The van der Waals surface area contributed by atoms with Crippen molar-refractivity contribution in [1.29, 1.82) is 0 Å². The summed E-state index contributed by atoms with van der Waals surface area (Å²) in [6.45, 7) is 2.19. The van der Waals surface area contributed by atoms with Gasteiger partial charge in [0, 0.05) is 6.54 Å². The van der Waals surface area contributed by atoms with Gasteiger partial charge < -0.3 is 5.11 Å². The molecule has 0 aliphatic heterocycles. The first-order chi connectivity index (χ1) is 8.55. The maximum absolute atomic E-state index is 12.7. The minimum atomic E-state index is -4.61. The summed E-state index contributed by atoms with van der Waals surface area (Å²) in [5, 5.41) is 9.01. The van der Waals surface area contributed by atoms with Crippen molar-refractivity contribution in [2.45, 2.75) is 31.0 Å². The van der Waals surface area contributed by atoms with Crippen LogP contribution in [0, 0.1) is 6.92 Å². The first-order valence-electron chi connectivity index (χ1n) is 5.40. The molecule has 0 aliphatic rings. The predicted molar refractivity (Wildman–Crippen MR) is 63.1 cm³/mol. The SMILES string of the molecule is Cc1c(C(F)(F)F)cccc1S(=O)(=O)NC[C@H](C)O. The van der Waals surface area contributed by atoms with Gasteiger partial charge in [-0.2, -0.15) is 13.2 Å². The number of aliphatic hydroxyl groups is 1. The molecular formula is C11H14F3NO3S. The van der Waals surface area contributed by atoms with Crippen LogP contribution in [0.3, 0.4) is 0 Å². The average Bonchev–Trinajstić information content (AvgIpc) is 2.25. The van der Waals surface area contributed by atoms with Gasteiger partial charge in [-0.05, 0) is 31.5 Å². The van der Waals surface area contributed by atoms with E-state index in [-0.39, 0.29) is 12.1 Å². The lowest BCUT2D eigenvalue weighted by molar-refractivity contribution is -0.138. The fraction of sp³-hybridized carbons (Fsp3) is 0.455. The number of nitrogens with one attached hydrogen (secondary N) is 1. The molecule has 0 saturated heterocycles. The molecule has 1 atom stereocenters. The topological polar surface area (TPSA) is 66.4 Å². The minimum Gasteiger partial charge on any atom is -0.392 e. The summed E-state index contributed by atoms with van der Waals surface area (Å²) in [4.78, 5) is -0.442. The largest absolute Gasteiger partial charge is 0.416 e. The van der Waals surface area contributed by atoms with Gasteiger partial charge >= 0.3 is 6.18 Å². The van der Waals surface area contributed by atoms with Gasteiger partial charge in [0.15, 0.2) is 0 Å². The molecule has 2 N–H and O–H groups in total. The maximum atomic E-state index is 12.7. The lowest BCUT2D eigenvalue weighted by atomic mass is 10.1. The van der Waals surface area contributed by atoms with Crippen molar-refractivity contribution < 1.29 is 26.7 Å². The maximum Gasteiger partial charge on any atom is 0.416 e. The molecule has 8 heteroatoms. The summed E-state index contributed by atoms with van der Waals surface area (Å²) >= 11 is 0. The highest BCUT2D eigenvalue weighted by Gasteiger charge is 2.34. The van der Waals surface area contributed by atoms with Gasteiger partial charge in [-0.25, -0.2) is 13.1 Å². The Hall–Kier alpha value is -1.12. The molecule has 0 aromatic heterocycles. The number of alkyl halides is 3. The van der Waals surface area contributed by atoms with Crippen LogP contribution in [0.15, 0.2) is 23.1 Å². The van der Waals surface area contributed by atoms with Crippen LogP contribution in [0.1, 0.15) is 18.1 Å². The standard InChI is InChI=1S/C11H14F3NO3S/c1-7(16)6-15-19(17,18)10-5-3-4-9(8(10)2)11(12,13)14/h3-5,7,15-16H,6H2,1-2H3/t7-/m0/s1. The molecule has 0 fully saturated rings. The summed E-state index contributed by atoms with van der Waals surface area (Å²) in [7, 11) is -4.08. The van der Waals surface area contributed by atoms with Crippen molar-refractivity contribution in [3.63, 3.8) is 0 Å². The molecule has 0 aliphatic carbocycles. The van der Waals surface area contributed by atoms with E-state index in [0.29, 0.717) is 0 Å². The van der Waals surface area contributed by atoms with Crippen LogP contribution in [0.2, 0.25) is 0 Å². The van der Waals surface area contributed by atoms with Crippen molar-refractivity contribution in [3.05, 3.63) is 29.3 Å². The Morgan fingerprint density at radius 1 is 1.37 bits per heavy atom. The van der Waals surface area contributed by atoms with Crippen LogP contribution < -0.4 is 4.72 Å².